The summed E-state index contributed by atoms with van der Waals surface area (Å²) in [5.41, 5.74) is 0.366. The standard InChI is InChI=1S/C18H24F2N6S.HI/c1-3-15-23-18(27-24-15)26-11-9-25(10-12-26)17(21-2)22-8-7-13-5-4-6-14(19)16(13)20;/h4-6H,3,7-12H2,1-2H3,(H,21,22);1H. The molecule has 0 amide bonds. The summed E-state index contributed by atoms with van der Waals surface area (Å²) in [7, 11) is 1.73. The second-order valence-electron chi connectivity index (χ2n) is 6.26. The van der Waals surface area contributed by atoms with Crippen LogP contribution in [0.1, 0.15) is 18.3 Å². The van der Waals surface area contributed by atoms with Gasteiger partial charge in [0.05, 0.1) is 0 Å². The number of anilines is 1. The van der Waals surface area contributed by atoms with Gasteiger partial charge in [0.15, 0.2) is 17.6 Å². The van der Waals surface area contributed by atoms with Crippen molar-refractivity contribution < 1.29 is 8.78 Å². The van der Waals surface area contributed by atoms with Gasteiger partial charge in [-0.25, -0.2) is 13.8 Å². The summed E-state index contributed by atoms with van der Waals surface area (Å²) in [6.07, 6.45) is 1.24. The maximum atomic E-state index is 13.7. The Labute approximate surface area is 185 Å². The molecule has 0 saturated carbocycles. The number of piperazine rings is 1. The van der Waals surface area contributed by atoms with Gasteiger partial charge in [-0.2, -0.15) is 4.37 Å². The largest absolute Gasteiger partial charge is 0.356 e. The molecule has 1 saturated heterocycles. The first-order valence-corrected chi connectivity index (χ1v) is 9.85. The Morgan fingerprint density at radius 3 is 2.64 bits per heavy atom. The van der Waals surface area contributed by atoms with E-state index >= 15 is 0 Å². The minimum atomic E-state index is -0.809. The third-order valence-electron chi connectivity index (χ3n) is 4.54. The van der Waals surface area contributed by atoms with E-state index in [1.54, 1.807) is 13.1 Å². The third-order valence-corrected chi connectivity index (χ3v) is 5.36. The van der Waals surface area contributed by atoms with E-state index in [4.69, 9.17) is 0 Å². The van der Waals surface area contributed by atoms with Crippen LogP contribution in [-0.2, 0) is 12.8 Å². The predicted octanol–water partition coefficient (Wildman–Crippen LogP) is 2.94. The molecule has 0 aliphatic carbocycles. The maximum absolute atomic E-state index is 13.7. The van der Waals surface area contributed by atoms with E-state index in [9.17, 15) is 8.78 Å². The highest BCUT2D eigenvalue weighted by Crippen LogP contribution is 2.19. The zero-order valence-electron chi connectivity index (χ0n) is 16.0. The molecule has 0 atom stereocenters. The topological polar surface area (TPSA) is 56.7 Å². The Morgan fingerprint density at radius 1 is 1.25 bits per heavy atom. The van der Waals surface area contributed by atoms with Crippen molar-refractivity contribution in [1.29, 1.82) is 0 Å². The van der Waals surface area contributed by atoms with Gasteiger partial charge in [-0.05, 0) is 18.1 Å². The van der Waals surface area contributed by atoms with Gasteiger partial charge in [0.1, 0.15) is 5.82 Å². The molecule has 0 radical (unpaired) electrons. The molecule has 0 spiro atoms. The van der Waals surface area contributed by atoms with Crippen LogP contribution in [-0.4, -0.2) is 60.0 Å². The summed E-state index contributed by atoms with van der Waals surface area (Å²) in [6.45, 7) is 5.86. The van der Waals surface area contributed by atoms with E-state index in [2.05, 4.69) is 36.4 Å². The Bertz CT molecular complexity index is 792. The van der Waals surface area contributed by atoms with Crippen LogP contribution in [0.3, 0.4) is 0 Å². The van der Waals surface area contributed by atoms with Gasteiger partial charge in [0.2, 0.25) is 5.13 Å². The molecule has 2 aromatic rings. The molecule has 0 unspecified atom stereocenters. The summed E-state index contributed by atoms with van der Waals surface area (Å²) < 4.78 is 31.4. The SMILES string of the molecule is CCc1nsc(N2CCN(C(=NC)NCCc3cccc(F)c3F)CC2)n1.I. The van der Waals surface area contributed by atoms with Crippen molar-refractivity contribution in [3.8, 4) is 0 Å². The molecule has 1 aliphatic rings. The lowest BCUT2D eigenvalue weighted by Crippen LogP contribution is -2.52. The number of rotatable bonds is 5. The number of nitrogens with one attached hydrogen (secondary N) is 1. The predicted molar refractivity (Wildman–Crippen MR) is 120 cm³/mol. The van der Waals surface area contributed by atoms with Crippen molar-refractivity contribution in [3.63, 3.8) is 0 Å². The van der Waals surface area contributed by atoms with Gasteiger partial charge in [-0.3, -0.25) is 4.99 Å². The van der Waals surface area contributed by atoms with Gasteiger partial charge in [-0.15, -0.1) is 24.0 Å². The Kier molecular flexibility index (Phi) is 8.80. The number of aliphatic imine (C=N–C) groups is 1. The minimum absolute atomic E-state index is 0. The molecule has 1 aliphatic heterocycles. The van der Waals surface area contributed by atoms with Crippen LogP contribution < -0.4 is 10.2 Å². The number of aromatic nitrogens is 2. The van der Waals surface area contributed by atoms with Gasteiger partial charge >= 0.3 is 0 Å². The third kappa shape index (κ3) is 5.49. The first-order chi connectivity index (χ1) is 13.1. The second-order valence-corrected chi connectivity index (χ2v) is 6.99. The highest BCUT2D eigenvalue weighted by molar-refractivity contribution is 14.0. The molecule has 0 bridgehead atoms. The smallest absolute Gasteiger partial charge is 0.205 e. The summed E-state index contributed by atoms with van der Waals surface area (Å²) in [6, 6.07) is 4.26. The zero-order valence-corrected chi connectivity index (χ0v) is 19.1. The van der Waals surface area contributed by atoms with E-state index in [1.165, 1.54) is 17.6 Å². The van der Waals surface area contributed by atoms with Gasteiger partial charge in [0.25, 0.3) is 0 Å². The monoisotopic (exact) mass is 522 g/mol. The molecule has 1 fully saturated rings. The second kappa shape index (κ2) is 10.8. The number of hydrogen-bond acceptors (Lipinski definition) is 5. The number of nitrogens with zero attached hydrogens (tertiary/aromatic N) is 5. The number of hydrogen-bond donors (Lipinski definition) is 1. The van der Waals surface area contributed by atoms with Crippen LogP contribution in [0.25, 0.3) is 0 Å². The molecule has 154 valence electrons. The quantitative estimate of drug-likeness (QED) is 0.372. The molecule has 28 heavy (non-hydrogen) atoms. The van der Waals surface area contributed by atoms with Crippen LogP contribution in [0.5, 0.6) is 0 Å². The average Bonchev–Trinajstić information content (AvgIpc) is 3.18. The van der Waals surface area contributed by atoms with Crippen LogP contribution in [0.4, 0.5) is 13.9 Å². The molecular weight excluding hydrogens is 497 g/mol. The number of aryl methyl sites for hydroxylation is 1. The van der Waals surface area contributed by atoms with E-state index in [0.29, 0.717) is 18.5 Å². The van der Waals surface area contributed by atoms with Crippen molar-refractivity contribution in [2.24, 2.45) is 4.99 Å². The zero-order chi connectivity index (χ0) is 19.2. The summed E-state index contributed by atoms with van der Waals surface area (Å²) in [5.74, 6) is 0.0831. The van der Waals surface area contributed by atoms with Crippen LogP contribution >= 0.6 is 35.5 Å². The van der Waals surface area contributed by atoms with Crippen molar-refractivity contribution >= 4 is 46.6 Å². The average molecular weight is 522 g/mol. The first-order valence-electron chi connectivity index (χ1n) is 9.08. The van der Waals surface area contributed by atoms with E-state index in [-0.39, 0.29) is 24.0 Å². The van der Waals surface area contributed by atoms with E-state index < -0.39 is 11.6 Å². The normalized spacial score (nSPS) is 14.8. The molecule has 1 aromatic heterocycles. The minimum Gasteiger partial charge on any atom is -0.356 e. The van der Waals surface area contributed by atoms with Crippen molar-refractivity contribution in [2.75, 3.05) is 44.7 Å². The number of guanidine groups is 1. The van der Waals surface area contributed by atoms with Crippen LogP contribution in [0.15, 0.2) is 23.2 Å². The molecule has 1 aromatic carbocycles. The van der Waals surface area contributed by atoms with E-state index in [1.807, 2.05) is 0 Å². The lowest BCUT2D eigenvalue weighted by atomic mass is 10.1. The van der Waals surface area contributed by atoms with Gasteiger partial charge in [0, 0.05) is 57.7 Å². The molecular formula is C18H25F2IN6S. The Morgan fingerprint density at radius 2 is 2.00 bits per heavy atom. The Hall–Kier alpha value is -1.56. The summed E-state index contributed by atoms with van der Waals surface area (Å²) in [4.78, 5) is 13.3. The number of benzene rings is 1. The lowest BCUT2D eigenvalue weighted by molar-refractivity contribution is 0.372. The van der Waals surface area contributed by atoms with Crippen LogP contribution in [0, 0.1) is 11.6 Å². The van der Waals surface area contributed by atoms with Crippen molar-refractivity contribution in [2.45, 2.75) is 19.8 Å². The first kappa shape index (κ1) is 22.7. The fourth-order valence-electron chi connectivity index (χ4n) is 3.01. The highest BCUT2D eigenvalue weighted by Gasteiger charge is 2.22. The summed E-state index contributed by atoms with van der Waals surface area (Å²) in [5, 5.41) is 4.21. The molecule has 3 rings (SSSR count). The van der Waals surface area contributed by atoms with Crippen LogP contribution in [0.2, 0.25) is 0 Å². The fourth-order valence-corrected chi connectivity index (χ4v) is 3.81. The van der Waals surface area contributed by atoms with E-state index in [0.717, 1.165) is 55.6 Å². The molecule has 6 nitrogen and oxygen atoms in total. The highest BCUT2D eigenvalue weighted by atomic mass is 127. The molecule has 2 heterocycles. The number of halogens is 3. The van der Waals surface area contributed by atoms with Crippen molar-refractivity contribution in [3.05, 3.63) is 41.2 Å². The van der Waals surface area contributed by atoms with Gasteiger partial charge < -0.3 is 15.1 Å². The summed E-state index contributed by atoms with van der Waals surface area (Å²) >= 11 is 1.44. The molecule has 10 heteroatoms. The maximum Gasteiger partial charge on any atom is 0.205 e. The van der Waals surface area contributed by atoms with Crippen molar-refractivity contribution in [1.82, 2.24) is 19.6 Å². The lowest BCUT2D eigenvalue weighted by Gasteiger charge is -2.36. The Balaban J connectivity index is 0.00000280. The molecule has 1 N–H and O–H groups in total. The van der Waals surface area contributed by atoms with Gasteiger partial charge in [-0.1, -0.05) is 19.1 Å². The fraction of sp³-hybridized carbons (Fsp3) is 0.500.